The molecule has 0 aromatic carbocycles. The van der Waals surface area contributed by atoms with Crippen LogP contribution in [0.2, 0.25) is 0 Å². The summed E-state index contributed by atoms with van der Waals surface area (Å²) in [5.41, 5.74) is 0. The Bertz CT molecular complexity index is 298. The Balaban J connectivity index is 3.71. The molecule has 16 heavy (non-hydrogen) atoms. The molecule has 2 unspecified atom stereocenters. The van der Waals surface area contributed by atoms with E-state index >= 15 is 0 Å². The van der Waals surface area contributed by atoms with Crippen LogP contribution in [0.5, 0.6) is 0 Å². The van der Waals surface area contributed by atoms with Gasteiger partial charge >= 0.3 is 11.9 Å². The molecule has 4 heteroatoms. The van der Waals surface area contributed by atoms with E-state index in [1.165, 1.54) is 0 Å². The second-order valence-corrected chi connectivity index (χ2v) is 3.11. The predicted octanol–water partition coefficient (Wildman–Crippen LogP) is 0.611. The van der Waals surface area contributed by atoms with Gasteiger partial charge in [-0.1, -0.05) is 11.8 Å². The van der Waals surface area contributed by atoms with Gasteiger partial charge in [0.15, 0.2) is 0 Å². The van der Waals surface area contributed by atoms with E-state index in [1.807, 2.05) is 0 Å². The molecule has 0 aliphatic carbocycles. The summed E-state index contributed by atoms with van der Waals surface area (Å²) in [5, 5.41) is 0. The molecule has 86 valence electrons. The van der Waals surface area contributed by atoms with Crippen LogP contribution in [0.1, 0.15) is 13.8 Å². The van der Waals surface area contributed by atoms with E-state index in [4.69, 9.17) is 22.3 Å². The lowest BCUT2D eigenvalue weighted by molar-refractivity contribution is -0.154. The first-order chi connectivity index (χ1) is 7.52. The molecule has 0 radical (unpaired) electrons. The van der Waals surface area contributed by atoms with Crippen LogP contribution in [0.15, 0.2) is 0 Å². The lowest BCUT2D eigenvalue weighted by atomic mass is 10.2. The molecule has 0 spiro atoms. The standard InChI is InChI=1S/C12H14O4/c1-5-9(3)11(13)15-7-8-16-12(14)10(4)6-2/h1-2,9-10H,7-8H2,3-4H3. The fourth-order valence-electron chi connectivity index (χ4n) is 0.671. The molecule has 2 atom stereocenters. The van der Waals surface area contributed by atoms with Gasteiger partial charge in [-0.2, -0.15) is 0 Å². The van der Waals surface area contributed by atoms with Crippen molar-refractivity contribution in [3.05, 3.63) is 0 Å². The van der Waals surface area contributed by atoms with Crippen LogP contribution in [0.25, 0.3) is 0 Å². The summed E-state index contributed by atoms with van der Waals surface area (Å²) >= 11 is 0. The highest BCUT2D eigenvalue weighted by atomic mass is 16.6. The molecule has 4 nitrogen and oxygen atoms in total. The van der Waals surface area contributed by atoms with Crippen LogP contribution in [-0.4, -0.2) is 25.2 Å². The number of ether oxygens (including phenoxy) is 2. The van der Waals surface area contributed by atoms with E-state index in [0.29, 0.717) is 0 Å². The average molecular weight is 222 g/mol. The van der Waals surface area contributed by atoms with Gasteiger partial charge in [-0.25, -0.2) is 0 Å². The molecule has 0 amide bonds. The molecule has 0 aliphatic rings. The van der Waals surface area contributed by atoms with Crippen molar-refractivity contribution in [3.8, 4) is 24.7 Å². The number of hydrogen-bond donors (Lipinski definition) is 0. The van der Waals surface area contributed by atoms with Gasteiger partial charge < -0.3 is 9.47 Å². The van der Waals surface area contributed by atoms with E-state index in [0.717, 1.165) is 0 Å². The summed E-state index contributed by atoms with van der Waals surface area (Å²) < 4.78 is 9.50. The molecule has 0 fully saturated rings. The van der Waals surface area contributed by atoms with Crippen molar-refractivity contribution in [3.63, 3.8) is 0 Å². The van der Waals surface area contributed by atoms with E-state index in [2.05, 4.69) is 11.8 Å². The van der Waals surface area contributed by atoms with Crippen molar-refractivity contribution in [1.82, 2.24) is 0 Å². The maximum absolute atomic E-state index is 11.1. The number of esters is 2. The molecule has 0 aromatic heterocycles. The highest BCUT2D eigenvalue weighted by Crippen LogP contribution is 1.98. The molecule has 0 rings (SSSR count). The third-order valence-electron chi connectivity index (χ3n) is 1.78. The van der Waals surface area contributed by atoms with Crippen LogP contribution in [-0.2, 0) is 19.1 Å². The smallest absolute Gasteiger partial charge is 0.320 e. The number of carbonyl (C=O) groups is 2. The van der Waals surface area contributed by atoms with Gasteiger partial charge in [-0.15, -0.1) is 12.8 Å². The Labute approximate surface area is 95.3 Å². The van der Waals surface area contributed by atoms with E-state index in [1.54, 1.807) is 13.8 Å². The Kier molecular flexibility index (Phi) is 6.47. The van der Waals surface area contributed by atoms with E-state index in [-0.39, 0.29) is 13.2 Å². The monoisotopic (exact) mass is 222 g/mol. The summed E-state index contributed by atoms with van der Waals surface area (Å²) in [4.78, 5) is 22.1. The molecular weight excluding hydrogens is 208 g/mol. The maximum atomic E-state index is 11.1. The first-order valence-electron chi connectivity index (χ1n) is 4.78. The van der Waals surface area contributed by atoms with Gasteiger partial charge in [0.25, 0.3) is 0 Å². The zero-order valence-electron chi connectivity index (χ0n) is 9.36. The summed E-state index contributed by atoms with van der Waals surface area (Å²) in [6.07, 6.45) is 10.0. The lowest BCUT2D eigenvalue weighted by Gasteiger charge is -2.08. The van der Waals surface area contributed by atoms with Crippen molar-refractivity contribution >= 4 is 11.9 Å². The van der Waals surface area contributed by atoms with Crippen molar-refractivity contribution < 1.29 is 19.1 Å². The maximum Gasteiger partial charge on any atom is 0.320 e. The Morgan fingerprint density at radius 2 is 1.31 bits per heavy atom. The number of carbonyl (C=O) groups excluding carboxylic acids is 2. The van der Waals surface area contributed by atoms with Gasteiger partial charge in [0.1, 0.15) is 25.0 Å². The van der Waals surface area contributed by atoms with Crippen LogP contribution < -0.4 is 0 Å². The Morgan fingerprint density at radius 1 is 1.00 bits per heavy atom. The SMILES string of the molecule is C#CC(C)C(=O)OCCOC(=O)C(C)C#C. The first kappa shape index (κ1) is 14.1. The van der Waals surface area contributed by atoms with E-state index in [9.17, 15) is 9.59 Å². The van der Waals surface area contributed by atoms with Gasteiger partial charge in [-0.3, -0.25) is 9.59 Å². The van der Waals surface area contributed by atoms with Crippen molar-refractivity contribution in [2.45, 2.75) is 13.8 Å². The summed E-state index contributed by atoms with van der Waals surface area (Å²) in [6, 6.07) is 0. The fraction of sp³-hybridized carbons (Fsp3) is 0.500. The fourth-order valence-corrected chi connectivity index (χ4v) is 0.671. The quantitative estimate of drug-likeness (QED) is 0.388. The number of rotatable bonds is 5. The molecule has 0 aliphatic heterocycles. The van der Waals surface area contributed by atoms with Crippen molar-refractivity contribution in [1.29, 1.82) is 0 Å². The second-order valence-electron chi connectivity index (χ2n) is 3.11. The van der Waals surface area contributed by atoms with Gasteiger partial charge in [0, 0.05) is 0 Å². The largest absolute Gasteiger partial charge is 0.461 e. The zero-order chi connectivity index (χ0) is 12.6. The highest BCUT2D eigenvalue weighted by Gasteiger charge is 2.13. The predicted molar refractivity (Wildman–Crippen MR) is 57.9 cm³/mol. The zero-order valence-corrected chi connectivity index (χ0v) is 9.36. The molecule has 0 saturated heterocycles. The number of hydrogen-bond acceptors (Lipinski definition) is 4. The normalized spacial score (nSPS) is 12.8. The average Bonchev–Trinajstić information content (AvgIpc) is 2.31. The van der Waals surface area contributed by atoms with Gasteiger partial charge in [0.2, 0.25) is 0 Å². The minimum atomic E-state index is -0.597. The van der Waals surface area contributed by atoms with Gasteiger partial charge in [0.05, 0.1) is 0 Å². The lowest BCUT2D eigenvalue weighted by Crippen LogP contribution is -2.20. The second kappa shape index (κ2) is 7.36. The van der Waals surface area contributed by atoms with Crippen LogP contribution in [0.3, 0.4) is 0 Å². The first-order valence-corrected chi connectivity index (χ1v) is 4.78. The summed E-state index contributed by atoms with van der Waals surface area (Å²) in [5.74, 6) is 2.25. The number of terminal acetylenes is 2. The molecule has 0 bridgehead atoms. The summed E-state index contributed by atoms with van der Waals surface area (Å²) in [6.45, 7) is 3.06. The van der Waals surface area contributed by atoms with Crippen LogP contribution in [0.4, 0.5) is 0 Å². The third kappa shape index (κ3) is 5.07. The molecular formula is C12H14O4. The van der Waals surface area contributed by atoms with Crippen LogP contribution >= 0.6 is 0 Å². The molecule has 0 N–H and O–H groups in total. The minimum Gasteiger partial charge on any atom is -0.461 e. The Morgan fingerprint density at radius 3 is 1.56 bits per heavy atom. The summed E-state index contributed by atoms with van der Waals surface area (Å²) in [7, 11) is 0. The molecule has 0 heterocycles. The van der Waals surface area contributed by atoms with Crippen molar-refractivity contribution in [2.75, 3.05) is 13.2 Å². The Hall–Kier alpha value is -1.94. The van der Waals surface area contributed by atoms with Gasteiger partial charge in [-0.05, 0) is 13.8 Å². The highest BCUT2D eigenvalue weighted by molar-refractivity contribution is 5.75. The molecule has 0 saturated carbocycles. The van der Waals surface area contributed by atoms with Crippen molar-refractivity contribution in [2.24, 2.45) is 11.8 Å². The van der Waals surface area contributed by atoms with E-state index < -0.39 is 23.8 Å². The topological polar surface area (TPSA) is 52.6 Å². The molecule has 0 aromatic rings. The van der Waals surface area contributed by atoms with Crippen LogP contribution in [0, 0.1) is 36.5 Å². The third-order valence-corrected chi connectivity index (χ3v) is 1.78. The minimum absolute atomic E-state index is 0.0200.